The molecule has 0 spiro atoms. The molecule has 2 aromatic rings. The molecule has 1 fully saturated rings. The van der Waals surface area contributed by atoms with E-state index < -0.39 is 11.9 Å². The molecule has 3 rings (SSSR count). The Hall–Kier alpha value is -2.00. The molecule has 3 amide bonds. The number of nitrogens with zero attached hydrogens (tertiary/aromatic N) is 3. The molecule has 3 N–H and O–H groups in total. The highest BCUT2D eigenvalue weighted by molar-refractivity contribution is 7.19. The lowest BCUT2D eigenvalue weighted by atomic mass is 10.1. The van der Waals surface area contributed by atoms with Crippen LogP contribution in [-0.2, 0) is 4.79 Å². The fourth-order valence-corrected chi connectivity index (χ4v) is 5.44. The zero-order valence-electron chi connectivity index (χ0n) is 15.8. The van der Waals surface area contributed by atoms with Crippen molar-refractivity contribution in [2.24, 2.45) is 5.73 Å². The number of rotatable bonds is 6. The number of hydrogen-bond acceptors (Lipinski definition) is 6. The van der Waals surface area contributed by atoms with Crippen molar-refractivity contribution in [1.29, 1.82) is 0 Å². The van der Waals surface area contributed by atoms with Crippen molar-refractivity contribution < 1.29 is 9.59 Å². The van der Waals surface area contributed by atoms with Crippen LogP contribution in [0, 0.1) is 6.92 Å². The molecule has 2 aromatic heterocycles. The van der Waals surface area contributed by atoms with E-state index in [0.29, 0.717) is 24.0 Å². The molecule has 1 atom stereocenters. The molecule has 1 unspecified atom stereocenters. The molecule has 27 heavy (non-hydrogen) atoms. The van der Waals surface area contributed by atoms with E-state index in [4.69, 9.17) is 10.7 Å². The fourth-order valence-electron chi connectivity index (χ4n) is 3.37. The van der Waals surface area contributed by atoms with Gasteiger partial charge in [-0.3, -0.25) is 10.1 Å². The highest BCUT2D eigenvalue weighted by Gasteiger charge is 2.33. The Labute approximate surface area is 167 Å². The van der Waals surface area contributed by atoms with Gasteiger partial charge < -0.3 is 10.6 Å². The molecule has 146 valence electrons. The number of nitrogens with one attached hydrogen (secondary N) is 1. The van der Waals surface area contributed by atoms with Gasteiger partial charge in [0.2, 0.25) is 5.91 Å². The first-order valence-electron chi connectivity index (χ1n) is 9.24. The van der Waals surface area contributed by atoms with Gasteiger partial charge >= 0.3 is 6.03 Å². The van der Waals surface area contributed by atoms with Gasteiger partial charge in [-0.05, 0) is 32.6 Å². The molecule has 9 heteroatoms. The first-order chi connectivity index (χ1) is 12.9. The average Bonchev–Trinajstić information content (AvgIpc) is 3.35. The van der Waals surface area contributed by atoms with E-state index >= 15 is 0 Å². The number of anilines is 1. The van der Waals surface area contributed by atoms with Crippen molar-refractivity contribution in [3.63, 3.8) is 0 Å². The van der Waals surface area contributed by atoms with Gasteiger partial charge in [0.1, 0.15) is 6.04 Å². The highest BCUT2D eigenvalue weighted by Crippen LogP contribution is 2.36. The van der Waals surface area contributed by atoms with Crippen LogP contribution in [0.25, 0.3) is 10.6 Å². The summed E-state index contributed by atoms with van der Waals surface area (Å²) in [5.41, 5.74) is 7.14. The number of amides is 3. The summed E-state index contributed by atoms with van der Waals surface area (Å²) in [7, 11) is 0. The average molecular weight is 408 g/mol. The van der Waals surface area contributed by atoms with E-state index in [1.54, 1.807) is 11.3 Å². The van der Waals surface area contributed by atoms with Crippen molar-refractivity contribution in [2.45, 2.75) is 58.4 Å². The largest absolute Gasteiger partial charge is 0.368 e. The maximum atomic E-state index is 12.5. The van der Waals surface area contributed by atoms with Crippen LogP contribution in [0.15, 0.2) is 5.38 Å². The number of aryl methyl sites for hydroxylation is 1. The summed E-state index contributed by atoms with van der Waals surface area (Å²) in [5.74, 6) is 0.0205. The van der Waals surface area contributed by atoms with Gasteiger partial charge in [0.05, 0.1) is 21.3 Å². The zero-order valence-corrected chi connectivity index (χ0v) is 17.5. The van der Waals surface area contributed by atoms with Crippen molar-refractivity contribution in [3.8, 4) is 10.6 Å². The predicted molar refractivity (Wildman–Crippen MR) is 109 cm³/mol. The molecule has 0 saturated carbocycles. The van der Waals surface area contributed by atoms with Crippen molar-refractivity contribution in [2.75, 3.05) is 11.9 Å². The van der Waals surface area contributed by atoms with Crippen LogP contribution in [0.1, 0.15) is 56.2 Å². The maximum Gasteiger partial charge on any atom is 0.324 e. The lowest BCUT2D eigenvalue weighted by molar-refractivity contribution is -0.121. The smallest absolute Gasteiger partial charge is 0.324 e. The van der Waals surface area contributed by atoms with Gasteiger partial charge in [0, 0.05) is 17.8 Å². The predicted octanol–water partition coefficient (Wildman–Crippen LogP) is 3.96. The third kappa shape index (κ3) is 4.14. The van der Waals surface area contributed by atoms with E-state index in [0.717, 1.165) is 40.5 Å². The third-order valence-electron chi connectivity index (χ3n) is 4.94. The summed E-state index contributed by atoms with van der Waals surface area (Å²) in [4.78, 5) is 35.7. The van der Waals surface area contributed by atoms with Crippen LogP contribution < -0.4 is 11.1 Å². The van der Waals surface area contributed by atoms with Crippen LogP contribution in [0.3, 0.4) is 0 Å². The Balaban J connectivity index is 1.75. The number of primary amides is 1. The second kappa shape index (κ2) is 8.35. The Morgan fingerprint density at radius 3 is 2.78 bits per heavy atom. The number of carbonyl (C=O) groups is 2. The number of carbonyl (C=O) groups excluding carboxylic acids is 2. The summed E-state index contributed by atoms with van der Waals surface area (Å²) < 4.78 is 0. The van der Waals surface area contributed by atoms with E-state index in [2.05, 4.69) is 29.5 Å². The monoisotopic (exact) mass is 407 g/mol. The molecule has 0 aromatic carbocycles. The topological polar surface area (TPSA) is 101 Å². The molecule has 0 radical (unpaired) electrons. The molecular formula is C18H25N5O2S2. The first kappa shape index (κ1) is 19.8. The molecule has 0 bridgehead atoms. The summed E-state index contributed by atoms with van der Waals surface area (Å²) in [6, 6.07) is -0.862. The van der Waals surface area contributed by atoms with Crippen molar-refractivity contribution in [1.82, 2.24) is 14.9 Å². The summed E-state index contributed by atoms with van der Waals surface area (Å²) in [6.07, 6.45) is 3.54. The SMILES string of the molecule is CCC(CC)c1nc(-c2sc(NC(=O)N3CCCC3C(N)=O)nc2C)cs1. The van der Waals surface area contributed by atoms with E-state index in [-0.39, 0.29) is 6.03 Å². The molecule has 1 aliphatic rings. The molecule has 3 heterocycles. The minimum Gasteiger partial charge on any atom is -0.368 e. The first-order valence-corrected chi connectivity index (χ1v) is 10.9. The van der Waals surface area contributed by atoms with Gasteiger partial charge in [-0.25, -0.2) is 14.8 Å². The summed E-state index contributed by atoms with van der Waals surface area (Å²) in [5, 5.41) is 6.53. The number of aromatic nitrogens is 2. The number of urea groups is 1. The van der Waals surface area contributed by atoms with E-state index in [9.17, 15) is 9.59 Å². The highest BCUT2D eigenvalue weighted by atomic mass is 32.1. The fraction of sp³-hybridized carbons (Fsp3) is 0.556. The van der Waals surface area contributed by atoms with Crippen LogP contribution >= 0.6 is 22.7 Å². The van der Waals surface area contributed by atoms with Gasteiger partial charge in [-0.15, -0.1) is 11.3 Å². The number of thiazole rings is 2. The Morgan fingerprint density at radius 1 is 1.37 bits per heavy atom. The molecule has 0 aliphatic carbocycles. The van der Waals surface area contributed by atoms with Crippen LogP contribution in [-0.4, -0.2) is 39.4 Å². The zero-order chi connectivity index (χ0) is 19.6. The van der Waals surface area contributed by atoms with Crippen molar-refractivity contribution >= 4 is 39.7 Å². The number of hydrogen-bond donors (Lipinski definition) is 2. The second-order valence-corrected chi connectivity index (χ2v) is 8.59. The van der Waals surface area contributed by atoms with E-state index in [1.807, 2.05) is 6.92 Å². The van der Waals surface area contributed by atoms with Gasteiger partial charge in [0.25, 0.3) is 0 Å². The molecule has 7 nitrogen and oxygen atoms in total. The minimum atomic E-state index is -0.536. The molecule has 1 aliphatic heterocycles. The van der Waals surface area contributed by atoms with Gasteiger partial charge in [-0.2, -0.15) is 0 Å². The summed E-state index contributed by atoms with van der Waals surface area (Å²) in [6.45, 7) is 6.80. The van der Waals surface area contributed by atoms with Crippen LogP contribution in [0.4, 0.5) is 9.93 Å². The molecule has 1 saturated heterocycles. The van der Waals surface area contributed by atoms with Gasteiger partial charge in [0.15, 0.2) is 5.13 Å². The minimum absolute atomic E-state index is 0.326. The Kier molecular flexibility index (Phi) is 6.11. The third-order valence-corrected chi connectivity index (χ3v) is 7.04. The number of nitrogens with two attached hydrogens (primary N) is 1. The lowest BCUT2D eigenvalue weighted by Crippen LogP contribution is -2.45. The quantitative estimate of drug-likeness (QED) is 0.757. The lowest BCUT2D eigenvalue weighted by Gasteiger charge is -2.21. The molecular weight excluding hydrogens is 382 g/mol. The summed E-state index contributed by atoms with van der Waals surface area (Å²) >= 11 is 3.09. The van der Waals surface area contributed by atoms with Crippen molar-refractivity contribution in [3.05, 3.63) is 16.1 Å². The normalized spacial score (nSPS) is 16.9. The van der Waals surface area contributed by atoms with Crippen LogP contribution in [0.2, 0.25) is 0 Å². The Morgan fingerprint density at radius 2 is 2.11 bits per heavy atom. The maximum absolute atomic E-state index is 12.5. The second-order valence-electron chi connectivity index (χ2n) is 6.70. The van der Waals surface area contributed by atoms with E-state index in [1.165, 1.54) is 16.2 Å². The van der Waals surface area contributed by atoms with Gasteiger partial charge in [-0.1, -0.05) is 25.2 Å². The standard InChI is InChI=1S/C18H25N5O2S2/c1-4-11(5-2)16-21-12(9-26-16)14-10(3)20-17(27-14)22-18(25)23-8-6-7-13(23)15(19)24/h9,11,13H,4-8H2,1-3H3,(H2,19,24)(H,20,22,25). The van der Waals surface area contributed by atoms with Crippen LogP contribution in [0.5, 0.6) is 0 Å². The number of likely N-dealkylation sites (tertiary alicyclic amines) is 1. The Bertz CT molecular complexity index is 828.